The second-order valence-electron chi connectivity index (χ2n) is 7.79. The Labute approximate surface area is 160 Å². The number of hydrogen-bond donors (Lipinski definition) is 0. The molecule has 0 N–H and O–H groups in total. The predicted molar refractivity (Wildman–Crippen MR) is 110 cm³/mol. The molecule has 0 radical (unpaired) electrons. The fraction of sp³-hybridized carbons (Fsp3) is 0.409. The van der Waals surface area contributed by atoms with Gasteiger partial charge in [-0.25, -0.2) is 0 Å². The maximum atomic E-state index is 4.65. The maximum Gasteiger partial charge on any atom is 0.0792 e. The zero-order chi connectivity index (χ0) is 18.8. The minimum atomic E-state index is 0.518. The van der Waals surface area contributed by atoms with Gasteiger partial charge in [-0.05, 0) is 29.9 Å². The number of nitrogens with zero attached hydrogens (tertiary/aromatic N) is 5. The van der Waals surface area contributed by atoms with Crippen LogP contribution >= 0.6 is 0 Å². The SMILES string of the molecule is C/N=C\c1ccc([C@H]2C[C@@H](C)CN(Cc3cnn(C)c3)C2)c2cccnc12. The lowest BCUT2D eigenvalue weighted by atomic mass is 9.83. The third-order valence-electron chi connectivity index (χ3n) is 5.44. The quantitative estimate of drug-likeness (QED) is 0.667. The second-order valence-corrected chi connectivity index (χ2v) is 7.79. The number of likely N-dealkylation sites (tertiary alicyclic amines) is 1. The summed E-state index contributed by atoms with van der Waals surface area (Å²) in [6.45, 7) is 5.54. The number of fused-ring (bicyclic) bond motifs is 1. The first kappa shape index (κ1) is 17.9. The van der Waals surface area contributed by atoms with E-state index in [0.29, 0.717) is 11.8 Å². The van der Waals surface area contributed by atoms with E-state index >= 15 is 0 Å². The number of aliphatic imine (C=N–C) groups is 1. The third kappa shape index (κ3) is 3.78. The van der Waals surface area contributed by atoms with Crippen LogP contribution in [0.5, 0.6) is 0 Å². The molecule has 2 aromatic heterocycles. The Bertz CT molecular complexity index is 958. The minimum absolute atomic E-state index is 0.518. The van der Waals surface area contributed by atoms with Gasteiger partial charge in [0, 0.05) is 68.9 Å². The van der Waals surface area contributed by atoms with Gasteiger partial charge < -0.3 is 0 Å². The Morgan fingerprint density at radius 1 is 1.26 bits per heavy atom. The van der Waals surface area contributed by atoms with Crippen LogP contribution in [0.25, 0.3) is 10.9 Å². The van der Waals surface area contributed by atoms with Crippen LogP contribution in [-0.4, -0.2) is 46.0 Å². The van der Waals surface area contributed by atoms with E-state index in [4.69, 9.17) is 0 Å². The number of rotatable bonds is 4. The molecule has 5 heteroatoms. The Hall–Kier alpha value is -2.53. The highest BCUT2D eigenvalue weighted by Crippen LogP contribution is 2.35. The lowest BCUT2D eigenvalue weighted by Crippen LogP contribution is -2.38. The molecule has 0 bridgehead atoms. The zero-order valence-corrected chi connectivity index (χ0v) is 16.3. The lowest BCUT2D eigenvalue weighted by Gasteiger charge is -2.37. The Morgan fingerprint density at radius 3 is 2.93 bits per heavy atom. The summed E-state index contributed by atoms with van der Waals surface area (Å²) in [5.41, 5.74) is 4.84. The van der Waals surface area contributed by atoms with Crippen molar-refractivity contribution in [2.24, 2.45) is 18.0 Å². The van der Waals surface area contributed by atoms with Gasteiger partial charge in [0.15, 0.2) is 0 Å². The normalized spacial score (nSPS) is 21.3. The molecular formula is C22H27N5. The monoisotopic (exact) mass is 361 g/mol. The molecule has 27 heavy (non-hydrogen) atoms. The standard InChI is InChI=1S/C22H27N5/c1-16-9-19(15-27(12-16)14-17-10-25-26(3)13-17)20-7-6-18(11-23-2)22-21(20)5-4-8-24-22/h4-8,10-11,13,16,19H,9,12,14-15H2,1-3H3/b23-11-/t16-,19+/m1/s1. The maximum absolute atomic E-state index is 4.65. The smallest absolute Gasteiger partial charge is 0.0792 e. The van der Waals surface area contributed by atoms with Crippen molar-refractivity contribution in [2.45, 2.75) is 25.8 Å². The molecule has 140 valence electrons. The third-order valence-corrected chi connectivity index (χ3v) is 5.44. The van der Waals surface area contributed by atoms with Crippen molar-refractivity contribution in [3.05, 3.63) is 59.5 Å². The van der Waals surface area contributed by atoms with Crippen molar-refractivity contribution >= 4 is 17.1 Å². The molecule has 0 unspecified atom stereocenters. The largest absolute Gasteiger partial charge is 0.298 e. The number of hydrogen-bond acceptors (Lipinski definition) is 4. The molecule has 5 nitrogen and oxygen atoms in total. The molecule has 0 spiro atoms. The van der Waals surface area contributed by atoms with Crippen molar-refractivity contribution in [3.63, 3.8) is 0 Å². The van der Waals surface area contributed by atoms with Gasteiger partial charge in [0.05, 0.1) is 11.7 Å². The summed E-state index contributed by atoms with van der Waals surface area (Å²) in [6, 6.07) is 8.70. The van der Waals surface area contributed by atoms with E-state index in [9.17, 15) is 0 Å². The molecule has 1 saturated heterocycles. The van der Waals surface area contributed by atoms with Crippen molar-refractivity contribution in [3.8, 4) is 0 Å². The van der Waals surface area contributed by atoms with Crippen LogP contribution in [-0.2, 0) is 13.6 Å². The fourth-order valence-electron chi connectivity index (χ4n) is 4.44. The number of piperidine rings is 1. The molecule has 1 aliphatic heterocycles. The van der Waals surface area contributed by atoms with Gasteiger partial charge >= 0.3 is 0 Å². The number of aromatic nitrogens is 3. The molecule has 0 aliphatic carbocycles. The van der Waals surface area contributed by atoms with Crippen molar-refractivity contribution in [1.82, 2.24) is 19.7 Å². The van der Waals surface area contributed by atoms with Gasteiger partial charge in [-0.15, -0.1) is 0 Å². The summed E-state index contributed by atoms with van der Waals surface area (Å²) in [6.07, 6.45) is 9.09. The minimum Gasteiger partial charge on any atom is -0.298 e. The molecule has 4 rings (SSSR count). The van der Waals surface area contributed by atoms with Crippen LogP contribution in [0.3, 0.4) is 0 Å². The highest BCUT2D eigenvalue weighted by Gasteiger charge is 2.27. The van der Waals surface area contributed by atoms with Gasteiger partial charge in [-0.2, -0.15) is 5.10 Å². The van der Waals surface area contributed by atoms with Gasteiger partial charge in [0.1, 0.15) is 0 Å². The predicted octanol–water partition coefficient (Wildman–Crippen LogP) is 3.64. The summed E-state index contributed by atoms with van der Waals surface area (Å²) < 4.78 is 1.88. The molecule has 3 heterocycles. The van der Waals surface area contributed by atoms with Crippen LogP contribution in [0.1, 0.15) is 36.0 Å². The Kier molecular flexibility index (Phi) is 5.03. The average molecular weight is 361 g/mol. The first-order chi connectivity index (χ1) is 13.1. The number of benzene rings is 1. The van der Waals surface area contributed by atoms with E-state index in [1.165, 1.54) is 22.9 Å². The second kappa shape index (κ2) is 7.61. The molecule has 2 atom stereocenters. The van der Waals surface area contributed by atoms with Crippen LogP contribution in [0, 0.1) is 5.92 Å². The van der Waals surface area contributed by atoms with Crippen molar-refractivity contribution in [2.75, 3.05) is 20.1 Å². The van der Waals surface area contributed by atoms with E-state index in [2.05, 4.69) is 51.3 Å². The van der Waals surface area contributed by atoms with E-state index in [1.54, 1.807) is 0 Å². The van der Waals surface area contributed by atoms with Crippen molar-refractivity contribution < 1.29 is 0 Å². The molecule has 3 aromatic rings. The summed E-state index contributed by atoms with van der Waals surface area (Å²) >= 11 is 0. The highest BCUT2D eigenvalue weighted by molar-refractivity contribution is 5.98. The van der Waals surface area contributed by atoms with Gasteiger partial charge in [0.25, 0.3) is 0 Å². The summed E-state index contributed by atoms with van der Waals surface area (Å²) in [4.78, 5) is 11.4. The van der Waals surface area contributed by atoms with E-state index < -0.39 is 0 Å². The van der Waals surface area contributed by atoms with Crippen LogP contribution in [0.2, 0.25) is 0 Å². The summed E-state index contributed by atoms with van der Waals surface area (Å²) in [7, 11) is 3.78. The molecule has 1 aromatic carbocycles. The molecule has 0 saturated carbocycles. The average Bonchev–Trinajstić information content (AvgIpc) is 3.06. The first-order valence-electron chi connectivity index (χ1n) is 9.63. The molecule has 1 fully saturated rings. The van der Waals surface area contributed by atoms with Gasteiger partial charge in [-0.3, -0.25) is 19.6 Å². The Balaban J connectivity index is 1.65. The number of aryl methyl sites for hydroxylation is 1. The number of pyridine rings is 1. The topological polar surface area (TPSA) is 46.3 Å². The molecular weight excluding hydrogens is 334 g/mol. The van der Waals surface area contributed by atoms with Crippen LogP contribution in [0.15, 0.2) is 47.8 Å². The molecule has 1 aliphatic rings. The lowest BCUT2D eigenvalue weighted by molar-refractivity contribution is 0.157. The zero-order valence-electron chi connectivity index (χ0n) is 16.3. The summed E-state index contributed by atoms with van der Waals surface area (Å²) in [5, 5.41) is 5.58. The van der Waals surface area contributed by atoms with Crippen LogP contribution < -0.4 is 0 Å². The van der Waals surface area contributed by atoms with Gasteiger partial charge in [0.2, 0.25) is 0 Å². The van der Waals surface area contributed by atoms with Crippen LogP contribution in [0.4, 0.5) is 0 Å². The van der Waals surface area contributed by atoms with E-state index in [1.807, 2.05) is 43.5 Å². The highest BCUT2D eigenvalue weighted by atomic mass is 15.2. The first-order valence-corrected chi connectivity index (χ1v) is 9.63. The van der Waals surface area contributed by atoms with E-state index in [0.717, 1.165) is 30.7 Å². The van der Waals surface area contributed by atoms with Gasteiger partial charge in [-0.1, -0.05) is 25.1 Å². The van der Waals surface area contributed by atoms with Crippen molar-refractivity contribution in [1.29, 1.82) is 0 Å². The molecule has 0 amide bonds. The van der Waals surface area contributed by atoms with E-state index in [-0.39, 0.29) is 0 Å². The summed E-state index contributed by atoms with van der Waals surface area (Å²) in [5.74, 6) is 1.19. The Morgan fingerprint density at radius 2 is 2.15 bits per heavy atom. The fourth-order valence-corrected chi connectivity index (χ4v) is 4.44.